The van der Waals surface area contributed by atoms with Crippen molar-refractivity contribution in [3.05, 3.63) is 30.1 Å². The Balaban J connectivity index is 1.34. The summed E-state index contributed by atoms with van der Waals surface area (Å²) in [4.78, 5) is 18.6. The normalized spacial score (nSPS) is 28.0. The highest BCUT2D eigenvalue weighted by Gasteiger charge is 2.40. The molecule has 2 atom stereocenters. The van der Waals surface area contributed by atoms with Crippen LogP contribution >= 0.6 is 0 Å². The molecule has 3 aliphatic heterocycles. The van der Waals surface area contributed by atoms with Crippen molar-refractivity contribution in [1.29, 1.82) is 0 Å². The van der Waals surface area contributed by atoms with E-state index in [1.54, 1.807) is 13.0 Å². The molecule has 1 aromatic rings. The molecule has 5 nitrogen and oxygen atoms in total. The minimum Gasteiger partial charge on any atom is -0.388 e. The Labute approximate surface area is 173 Å². The first kappa shape index (κ1) is 20.6. The Morgan fingerprint density at radius 1 is 1.14 bits per heavy atom. The van der Waals surface area contributed by atoms with E-state index in [4.69, 9.17) is 0 Å². The van der Waals surface area contributed by atoms with Crippen molar-refractivity contribution >= 4 is 11.6 Å². The second-order valence-electron chi connectivity index (χ2n) is 9.22. The van der Waals surface area contributed by atoms with E-state index in [9.17, 15) is 14.3 Å². The SMILES string of the molecule is CC(=O)N1CCCC[C@H]2CN(CC3(O)CCN(c4ccccc4F)CC3)CC[C@H]21. The number of anilines is 1. The highest BCUT2D eigenvalue weighted by molar-refractivity contribution is 5.73. The molecule has 3 fully saturated rings. The van der Waals surface area contributed by atoms with Crippen molar-refractivity contribution in [2.24, 2.45) is 5.92 Å². The molecule has 3 saturated heterocycles. The predicted molar refractivity (Wildman–Crippen MR) is 112 cm³/mol. The number of carbonyl (C=O) groups is 1. The number of aliphatic hydroxyl groups is 1. The number of benzene rings is 1. The van der Waals surface area contributed by atoms with Gasteiger partial charge < -0.3 is 19.8 Å². The monoisotopic (exact) mass is 403 g/mol. The molecular formula is C23H34FN3O2. The molecule has 29 heavy (non-hydrogen) atoms. The lowest BCUT2D eigenvalue weighted by Crippen LogP contribution is -2.56. The van der Waals surface area contributed by atoms with Crippen LogP contribution in [0, 0.1) is 11.7 Å². The second kappa shape index (κ2) is 8.60. The lowest BCUT2D eigenvalue weighted by atomic mass is 9.85. The third-order valence-corrected chi connectivity index (χ3v) is 7.21. The quantitative estimate of drug-likeness (QED) is 0.843. The van der Waals surface area contributed by atoms with Crippen molar-refractivity contribution in [2.45, 2.75) is 57.1 Å². The topological polar surface area (TPSA) is 47.0 Å². The Bertz CT molecular complexity index is 720. The summed E-state index contributed by atoms with van der Waals surface area (Å²) in [6.07, 6.45) is 5.77. The number of carbonyl (C=O) groups excluding carboxylic acids is 1. The smallest absolute Gasteiger partial charge is 0.219 e. The van der Waals surface area contributed by atoms with Crippen LogP contribution in [0.5, 0.6) is 0 Å². The third-order valence-electron chi connectivity index (χ3n) is 7.21. The van der Waals surface area contributed by atoms with E-state index in [1.807, 2.05) is 17.0 Å². The third kappa shape index (κ3) is 4.58. The van der Waals surface area contributed by atoms with E-state index in [2.05, 4.69) is 9.80 Å². The summed E-state index contributed by atoms with van der Waals surface area (Å²) in [7, 11) is 0. The van der Waals surface area contributed by atoms with Crippen LogP contribution in [0.1, 0.15) is 45.4 Å². The lowest BCUT2D eigenvalue weighted by molar-refractivity contribution is -0.133. The first-order valence-electron chi connectivity index (χ1n) is 11.2. The summed E-state index contributed by atoms with van der Waals surface area (Å²) in [6, 6.07) is 7.25. The van der Waals surface area contributed by atoms with Crippen LogP contribution in [0.2, 0.25) is 0 Å². The highest BCUT2D eigenvalue weighted by atomic mass is 19.1. The molecule has 3 aliphatic rings. The number of para-hydroxylation sites is 1. The van der Waals surface area contributed by atoms with Crippen molar-refractivity contribution in [1.82, 2.24) is 9.80 Å². The number of hydrogen-bond donors (Lipinski definition) is 1. The van der Waals surface area contributed by atoms with Gasteiger partial charge in [0.15, 0.2) is 0 Å². The van der Waals surface area contributed by atoms with E-state index in [0.29, 0.717) is 50.1 Å². The number of likely N-dealkylation sites (tertiary alicyclic amines) is 2. The van der Waals surface area contributed by atoms with Gasteiger partial charge in [0.25, 0.3) is 0 Å². The Morgan fingerprint density at radius 2 is 1.90 bits per heavy atom. The van der Waals surface area contributed by atoms with Gasteiger partial charge in [-0.05, 0) is 50.2 Å². The molecule has 0 spiro atoms. The fraction of sp³-hybridized carbons (Fsp3) is 0.696. The Morgan fingerprint density at radius 3 is 2.62 bits per heavy atom. The number of hydrogen-bond acceptors (Lipinski definition) is 4. The molecule has 3 heterocycles. The molecule has 1 N–H and O–H groups in total. The van der Waals surface area contributed by atoms with Crippen molar-refractivity contribution in [3.63, 3.8) is 0 Å². The zero-order chi connectivity index (χ0) is 20.4. The van der Waals surface area contributed by atoms with Crippen LogP contribution in [-0.2, 0) is 4.79 Å². The van der Waals surface area contributed by atoms with Crippen molar-refractivity contribution in [2.75, 3.05) is 44.2 Å². The molecule has 0 radical (unpaired) electrons. The zero-order valence-electron chi connectivity index (χ0n) is 17.5. The van der Waals surface area contributed by atoms with Gasteiger partial charge in [0.05, 0.1) is 11.3 Å². The summed E-state index contributed by atoms with van der Waals surface area (Å²) in [6.45, 7) is 6.53. The van der Waals surface area contributed by atoms with E-state index >= 15 is 0 Å². The number of β-amino-alcohol motifs (C(OH)–C–C–N with tert-alkyl or cyclic N) is 1. The van der Waals surface area contributed by atoms with Crippen LogP contribution in [0.3, 0.4) is 0 Å². The maximum Gasteiger partial charge on any atom is 0.219 e. The lowest BCUT2D eigenvalue weighted by Gasteiger charge is -2.46. The zero-order valence-corrected chi connectivity index (χ0v) is 17.5. The van der Waals surface area contributed by atoms with Gasteiger partial charge in [0.2, 0.25) is 5.91 Å². The molecule has 6 heteroatoms. The van der Waals surface area contributed by atoms with E-state index in [-0.39, 0.29) is 11.7 Å². The number of amides is 1. The summed E-state index contributed by atoms with van der Waals surface area (Å²) in [5, 5.41) is 11.2. The van der Waals surface area contributed by atoms with Gasteiger partial charge in [-0.15, -0.1) is 0 Å². The first-order valence-corrected chi connectivity index (χ1v) is 11.2. The van der Waals surface area contributed by atoms with Gasteiger partial charge in [-0.3, -0.25) is 4.79 Å². The fourth-order valence-corrected chi connectivity index (χ4v) is 5.62. The van der Waals surface area contributed by atoms with Crippen LogP contribution in [-0.4, -0.2) is 71.7 Å². The first-order chi connectivity index (χ1) is 14.0. The standard InChI is InChI=1S/C23H34FN3O2/c1-18(28)27-12-5-4-6-19-16-25(13-9-21(19)27)17-23(29)10-14-26(15-11-23)22-8-3-2-7-20(22)24/h2-3,7-8,19,21,29H,4-6,9-17H2,1H3/t19-,21+/m0/s1. The minimum atomic E-state index is -0.709. The number of fused-ring (bicyclic) bond motifs is 1. The van der Waals surface area contributed by atoms with Gasteiger partial charge in [-0.25, -0.2) is 4.39 Å². The average molecular weight is 404 g/mol. The summed E-state index contributed by atoms with van der Waals surface area (Å²) < 4.78 is 14.1. The molecule has 4 rings (SSSR count). The molecular weight excluding hydrogens is 369 g/mol. The van der Waals surface area contributed by atoms with Gasteiger partial charge in [-0.1, -0.05) is 18.6 Å². The number of halogens is 1. The fourth-order valence-electron chi connectivity index (χ4n) is 5.62. The van der Waals surface area contributed by atoms with Crippen LogP contribution < -0.4 is 4.90 Å². The van der Waals surface area contributed by atoms with E-state index in [1.165, 1.54) is 18.9 Å². The summed E-state index contributed by atoms with van der Waals surface area (Å²) in [5.74, 6) is 0.523. The van der Waals surface area contributed by atoms with Crippen molar-refractivity contribution < 1.29 is 14.3 Å². The predicted octanol–water partition coefficient (Wildman–Crippen LogP) is 2.88. The van der Waals surface area contributed by atoms with Crippen LogP contribution in [0.4, 0.5) is 10.1 Å². The number of nitrogens with zero attached hydrogens (tertiary/aromatic N) is 3. The van der Waals surface area contributed by atoms with Gasteiger partial charge in [-0.2, -0.15) is 0 Å². The maximum absolute atomic E-state index is 14.1. The highest BCUT2D eigenvalue weighted by Crippen LogP contribution is 2.33. The minimum absolute atomic E-state index is 0.191. The Hall–Kier alpha value is -1.66. The second-order valence-corrected chi connectivity index (χ2v) is 9.22. The van der Waals surface area contributed by atoms with Gasteiger partial charge >= 0.3 is 0 Å². The average Bonchev–Trinajstić information content (AvgIpc) is 2.91. The van der Waals surface area contributed by atoms with Crippen LogP contribution in [0.25, 0.3) is 0 Å². The van der Waals surface area contributed by atoms with Crippen LogP contribution in [0.15, 0.2) is 24.3 Å². The summed E-state index contributed by atoms with van der Waals surface area (Å²) in [5.41, 5.74) is -0.0716. The molecule has 0 saturated carbocycles. The number of piperidine rings is 2. The van der Waals surface area contributed by atoms with Gasteiger partial charge in [0, 0.05) is 52.2 Å². The Kier molecular flexibility index (Phi) is 6.11. The molecule has 0 bridgehead atoms. The van der Waals surface area contributed by atoms with Crippen molar-refractivity contribution in [3.8, 4) is 0 Å². The van der Waals surface area contributed by atoms with E-state index < -0.39 is 5.60 Å². The largest absolute Gasteiger partial charge is 0.388 e. The molecule has 160 valence electrons. The summed E-state index contributed by atoms with van der Waals surface area (Å²) >= 11 is 0. The molecule has 1 amide bonds. The molecule has 0 unspecified atom stereocenters. The molecule has 1 aromatic carbocycles. The van der Waals surface area contributed by atoms with E-state index in [0.717, 1.165) is 32.5 Å². The molecule has 0 aliphatic carbocycles. The molecule has 0 aromatic heterocycles. The van der Waals surface area contributed by atoms with Gasteiger partial charge in [0.1, 0.15) is 5.82 Å². The maximum atomic E-state index is 14.1. The number of rotatable bonds is 3.